The van der Waals surface area contributed by atoms with E-state index in [-0.39, 0.29) is 0 Å². The number of benzene rings is 1. The lowest BCUT2D eigenvalue weighted by Gasteiger charge is -2.22. The molecule has 1 aromatic rings. The van der Waals surface area contributed by atoms with Gasteiger partial charge in [0.25, 0.3) is 0 Å². The summed E-state index contributed by atoms with van der Waals surface area (Å²) in [5.74, 6) is 0.766. The molecule has 0 saturated carbocycles. The van der Waals surface area contributed by atoms with E-state index in [0.717, 1.165) is 18.0 Å². The molecule has 2 aliphatic heterocycles. The summed E-state index contributed by atoms with van der Waals surface area (Å²) in [6.45, 7) is 1.76. The second-order valence-corrected chi connectivity index (χ2v) is 5.93. The lowest BCUT2D eigenvalue weighted by Crippen LogP contribution is -2.31. The minimum Gasteiger partial charge on any atom is -0.298 e. The van der Waals surface area contributed by atoms with Gasteiger partial charge < -0.3 is 0 Å². The molecule has 2 fully saturated rings. The predicted molar refractivity (Wildman–Crippen MR) is 73.0 cm³/mol. The van der Waals surface area contributed by atoms with Crippen LogP contribution in [0.5, 0.6) is 0 Å². The maximum absolute atomic E-state index is 12.0. The third-order valence-corrected chi connectivity index (χ3v) is 4.50. The summed E-state index contributed by atoms with van der Waals surface area (Å²) in [4.78, 5) is 14.4. The van der Waals surface area contributed by atoms with Crippen LogP contribution < -0.4 is 0 Å². The Morgan fingerprint density at radius 2 is 2.00 bits per heavy atom. The van der Waals surface area contributed by atoms with Crippen molar-refractivity contribution in [3.63, 3.8) is 0 Å². The molecule has 0 spiro atoms. The van der Waals surface area contributed by atoms with Crippen LogP contribution in [0.1, 0.15) is 37.2 Å². The lowest BCUT2D eigenvalue weighted by atomic mass is 9.89. The van der Waals surface area contributed by atoms with Gasteiger partial charge in [0.2, 0.25) is 0 Å². The van der Waals surface area contributed by atoms with Gasteiger partial charge in [-0.25, -0.2) is 0 Å². The molecule has 0 aliphatic carbocycles. The van der Waals surface area contributed by atoms with Gasteiger partial charge >= 0.3 is 0 Å². The Balaban J connectivity index is 1.82. The zero-order valence-corrected chi connectivity index (χ0v) is 11.2. The van der Waals surface area contributed by atoms with Crippen molar-refractivity contribution < 1.29 is 4.79 Å². The van der Waals surface area contributed by atoms with Gasteiger partial charge in [0.1, 0.15) is 5.78 Å². The van der Waals surface area contributed by atoms with Crippen LogP contribution in [0.3, 0.4) is 0 Å². The molecule has 2 aliphatic rings. The molecule has 2 heterocycles. The number of hydrogen-bond donors (Lipinski definition) is 0. The number of carbonyl (C=O) groups is 1. The molecule has 0 bridgehead atoms. The minimum absolute atomic E-state index is 0.378. The molecule has 1 aromatic carbocycles. The first-order valence-corrected chi connectivity index (χ1v) is 7.11. The van der Waals surface area contributed by atoms with E-state index in [9.17, 15) is 4.79 Å². The van der Waals surface area contributed by atoms with Crippen LogP contribution in [0.25, 0.3) is 0 Å². The van der Waals surface area contributed by atoms with Gasteiger partial charge in [0.15, 0.2) is 0 Å². The Bertz CT molecular complexity index is 442. The van der Waals surface area contributed by atoms with Crippen molar-refractivity contribution in [2.75, 3.05) is 13.1 Å². The Hall–Kier alpha value is -0.860. The molecule has 2 nitrogen and oxygen atoms in total. The van der Waals surface area contributed by atoms with E-state index in [1.54, 1.807) is 0 Å². The first-order chi connectivity index (χ1) is 8.72. The third-order valence-electron chi connectivity index (χ3n) is 4.25. The van der Waals surface area contributed by atoms with Crippen molar-refractivity contribution in [3.8, 4) is 0 Å². The van der Waals surface area contributed by atoms with Crippen molar-refractivity contribution >= 4 is 17.4 Å². The first kappa shape index (κ1) is 12.2. The van der Waals surface area contributed by atoms with Gasteiger partial charge in [0, 0.05) is 17.5 Å². The molecule has 3 heteroatoms. The number of Topliss-reactive ketones (excluding diaryl/α,β-unsaturated/α-hetero) is 1. The number of nitrogens with zero attached hydrogens (tertiary/aromatic N) is 1. The van der Waals surface area contributed by atoms with Crippen molar-refractivity contribution in [2.45, 2.75) is 37.6 Å². The molecule has 0 radical (unpaired) electrons. The van der Waals surface area contributed by atoms with Crippen LogP contribution in [-0.4, -0.2) is 29.8 Å². The molecule has 0 aromatic heterocycles. The van der Waals surface area contributed by atoms with Crippen LogP contribution in [0.2, 0.25) is 5.02 Å². The van der Waals surface area contributed by atoms with Crippen LogP contribution in [0.15, 0.2) is 24.3 Å². The van der Waals surface area contributed by atoms with Crippen molar-refractivity contribution in [2.24, 2.45) is 0 Å². The fourth-order valence-electron chi connectivity index (χ4n) is 3.34. The molecule has 1 unspecified atom stereocenters. The summed E-state index contributed by atoms with van der Waals surface area (Å²) >= 11 is 5.93. The number of fused-ring (bicyclic) bond motifs is 1. The Morgan fingerprint density at radius 1 is 1.22 bits per heavy atom. The topological polar surface area (TPSA) is 20.3 Å². The molecule has 18 heavy (non-hydrogen) atoms. The Labute approximate surface area is 113 Å². The van der Waals surface area contributed by atoms with Crippen LogP contribution in [0.4, 0.5) is 0 Å². The molecule has 0 N–H and O–H groups in total. The van der Waals surface area contributed by atoms with E-state index < -0.39 is 0 Å². The van der Waals surface area contributed by atoms with Crippen molar-refractivity contribution in [3.05, 3.63) is 34.9 Å². The van der Waals surface area contributed by atoms with Gasteiger partial charge in [-0.15, -0.1) is 0 Å². The smallest absolute Gasteiger partial charge is 0.147 e. The number of ketones is 1. The van der Waals surface area contributed by atoms with Crippen LogP contribution >= 0.6 is 11.6 Å². The second-order valence-electron chi connectivity index (χ2n) is 5.49. The summed E-state index contributed by atoms with van der Waals surface area (Å²) in [5, 5.41) is 0.765. The highest BCUT2D eigenvalue weighted by atomic mass is 35.5. The maximum Gasteiger partial charge on any atom is 0.147 e. The highest BCUT2D eigenvalue weighted by Gasteiger charge is 2.33. The number of halogens is 1. The average molecular weight is 264 g/mol. The first-order valence-electron chi connectivity index (χ1n) is 6.73. The molecular formula is C15H18ClNO. The normalized spacial score (nSPS) is 29.1. The molecule has 0 amide bonds. The van der Waals surface area contributed by atoms with Crippen molar-refractivity contribution in [1.29, 1.82) is 0 Å². The highest BCUT2D eigenvalue weighted by Crippen LogP contribution is 2.34. The molecule has 2 atom stereocenters. The van der Waals surface area contributed by atoms with E-state index in [1.807, 2.05) is 12.1 Å². The Kier molecular flexibility index (Phi) is 3.40. The van der Waals surface area contributed by atoms with Gasteiger partial charge in [-0.2, -0.15) is 0 Å². The van der Waals surface area contributed by atoms with Gasteiger partial charge in [-0.1, -0.05) is 23.7 Å². The Morgan fingerprint density at radius 3 is 2.78 bits per heavy atom. The fraction of sp³-hybridized carbons (Fsp3) is 0.533. The van der Waals surface area contributed by atoms with E-state index in [1.165, 1.54) is 18.4 Å². The SMILES string of the molecule is O=C1C[C@@H](c2ccc(Cl)cc2)CC2CCCN2C1. The van der Waals surface area contributed by atoms with E-state index in [4.69, 9.17) is 11.6 Å². The molecule has 96 valence electrons. The summed E-state index contributed by atoms with van der Waals surface area (Å²) in [5.41, 5.74) is 1.27. The monoisotopic (exact) mass is 263 g/mol. The molecule has 3 rings (SSSR count). The predicted octanol–water partition coefficient (Wildman–Crippen LogP) is 3.25. The standard InChI is InChI=1S/C15H18ClNO/c16-13-5-3-11(4-6-13)12-8-14-2-1-7-17(14)10-15(18)9-12/h3-6,12,14H,1-2,7-10H2/t12-,14?/m0/s1. The fourth-order valence-corrected chi connectivity index (χ4v) is 3.46. The zero-order chi connectivity index (χ0) is 12.5. The molecular weight excluding hydrogens is 246 g/mol. The summed E-state index contributed by atoms with van der Waals surface area (Å²) < 4.78 is 0. The third kappa shape index (κ3) is 2.45. The number of hydrogen-bond acceptors (Lipinski definition) is 2. The van der Waals surface area contributed by atoms with Crippen molar-refractivity contribution in [1.82, 2.24) is 4.90 Å². The number of rotatable bonds is 1. The minimum atomic E-state index is 0.378. The maximum atomic E-state index is 12.0. The second kappa shape index (κ2) is 5.02. The summed E-state index contributed by atoms with van der Waals surface area (Å²) in [6.07, 6.45) is 4.30. The summed E-state index contributed by atoms with van der Waals surface area (Å²) in [6, 6.07) is 8.62. The quantitative estimate of drug-likeness (QED) is 0.775. The lowest BCUT2D eigenvalue weighted by molar-refractivity contribution is -0.119. The highest BCUT2D eigenvalue weighted by molar-refractivity contribution is 6.30. The van der Waals surface area contributed by atoms with Crippen LogP contribution in [-0.2, 0) is 4.79 Å². The summed E-state index contributed by atoms with van der Waals surface area (Å²) in [7, 11) is 0. The van der Waals surface area contributed by atoms with E-state index in [0.29, 0.717) is 30.7 Å². The largest absolute Gasteiger partial charge is 0.298 e. The molecule has 2 saturated heterocycles. The van der Waals surface area contributed by atoms with E-state index in [2.05, 4.69) is 17.0 Å². The number of carbonyl (C=O) groups excluding carboxylic acids is 1. The van der Waals surface area contributed by atoms with Gasteiger partial charge in [-0.3, -0.25) is 9.69 Å². The van der Waals surface area contributed by atoms with Gasteiger partial charge in [-0.05, 0) is 49.4 Å². The zero-order valence-electron chi connectivity index (χ0n) is 10.4. The average Bonchev–Trinajstić information content (AvgIpc) is 2.70. The van der Waals surface area contributed by atoms with Gasteiger partial charge in [0.05, 0.1) is 6.54 Å². The van der Waals surface area contributed by atoms with E-state index >= 15 is 0 Å². The van der Waals surface area contributed by atoms with Crippen LogP contribution in [0, 0.1) is 0 Å².